The highest BCUT2D eigenvalue weighted by Gasteiger charge is 2.35. The minimum absolute atomic E-state index is 0.0726. The third-order valence-electron chi connectivity index (χ3n) is 4.04. The van der Waals surface area contributed by atoms with Crippen molar-refractivity contribution in [3.05, 3.63) is 23.6 Å². The van der Waals surface area contributed by atoms with E-state index in [2.05, 4.69) is 15.0 Å². The molecule has 2 aliphatic rings. The largest absolute Gasteiger partial charge is 0.468 e. The van der Waals surface area contributed by atoms with Gasteiger partial charge in [-0.05, 0) is 25.3 Å². The van der Waals surface area contributed by atoms with E-state index >= 15 is 0 Å². The Morgan fingerprint density at radius 3 is 2.75 bits per heavy atom. The number of hydrogen-bond donors (Lipinski definition) is 1. The first-order valence-corrected chi connectivity index (χ1v) is 7.84. The number of urea groups is 1. The quantitative estimate of drug-likeness (QED) is 0.508. The maximum Gasteiger partial charge on any atom is 0.329 e. The lowest BCUT2D eigenvalue weighted by atomic mass is 10.1. The van der Waals surface area contributed by atoms with E-state index in [0.29, 0.717) is 5.76 Å². The molecule has 24 heavy (non-hydrogen) atoms. The van der Waals surface area contributed by atoms with Gasteiger partial charge in [0.25, 0.3) is 5.91 Å². The standard InChI is InChI=1S/C16H19N3O5/c1-23-14(20)10-19-15(21)12(17-16(19)22)9-11-5-6-13(24-11)18-7-3-2-4-8-18/h5-6,9H,2-4,7-8,10H2,1H3,(H,17,22). The van der Waals surface area contributed by atoms with Gasteiger partial charge >= 0.3 is 12.0 Å². The first-order chi connectivity index (χ1) is 11.6. The molecule has 8 heteroatoms. The summed E-state index contributed by atoms with van der Waals surface area (Å²) in [6, 6.07) is 2.95. The molecule has 0 atom stereocenters. The summed E-state index contributed by atoms with van der Waals surface area (Å²) in [5, 5.41) is 2.44. The lowest BCUT2D eigenvalue weighted by Gasteiger charge is -2.25. The third kappa shape index (κ3) is 3.27. The molecule has 3 rings (SSSR count). The number of furan rings is 1. The average Bonchev–Trinajstić information content (AvgIpc) is 3.16. The monoisotopic (exact) mass is 333 g/mol. The molecular weight excluding hydrogens is 314 g/mol. The van der Waals surface area contributed by atoms with Crippen molar-refractivity contribution in [3.8, 4) is 0 Å². The number of methoxy groups -OCH3 is 1. The van der Waals surface area contributed by atoms with Gasteiger partial charge in [-0.1, -0.05) is 0 Å². The van der Waals surface area contributed by atoms with Crippen LogP contribution in [0.2, 0.25) is 0 Å². The number of esters is 1. The van der Waals surface area contributed by atoms with E-state index in [1.54, 1.807) is 6.07 Å². The van der Waals surface area contributed by atoms with Gasteiger partial charge in [-0.3, -0.25) is 9.59 Å². The van der Waals surface area contributed by atoms with Crippen molar-refractivity contribution < 1.29 is 23.5 Å². The summed E-state index contributed by atoms with van der Waals surface area (Å²) < 4.78 is 10.2. The topological polar surface area (TPSA) is 92.1 Å². The van der Waals surface area contributed by atoms with Crippen LogP contribution >= 0.6 is 0 Å². The zero-order chi connectivity index (χ0) is 17.1. The number of carbonyl (C=O) groups excluding carboxylic acids is 3. The molecule has 1 aromatic rings. The minimum atomic E-state index is -0.662. The highest BCUT2D eigenvalue weighted by Crippen LogP contribution is 2.24. The van der Waals surface area contributed by atoms with E-state index < -0.39 is 24.5 Å². The summed E-state index contributed by atoms with van der Waals surface area (Å²) in [7, 11) is 1.20. The van der Waals surface area contributed by atoms with E-state index in [9.17, 15) is 14.4 Å². The van der Waals surface area contributed by atoms with Gasteiger partial charge < -0.3 is 19.4 Å². The summed E-state index contributed by atoms with van der Waals surface area (Å²) in [6.45, 7) is 1.48. The van der Waals surface area contributed by atoms with Gasteiger partial charge in [0.1, 0.15) is 18.0 Å². The number of piperidine rings is 1. The fraction of sp³-hybridized carbons (Fsp3) is 0.438. The number of ether oxygens (including phenoxy) is 1. The van der Waals surface area contributed by atoms with Gasteiger partial charge in [0.15, 0.2) is 5.88 Å². The maximum absolute atomic E-state index is 12.2. The molecule has 2 fully saturated rings. The van der Waals surface area contributed by atoms with Crippen LogP contribution in [0.5, 0.6) is 0 Å². The number of amides is 3. The first-order valence-electron chi connectivity index (χ1n) is 7.84. The summed E-state index contributed by atoms with van der Waals surface area (Å²) >= 11 is 0. The molecule has 0 bridgehead atoms. The van der Waals surface area contributed by atoms with E-state index in [0.717, 1.165) is 36.7 Å². The van der Waals surface area contributed by atoms with Crippen LogP contribution in [0.25, 0.3) is 6.08 Å². The second kappa shape index (κ2) is 6.77. The smallest absolute Gasteiger partial charge is 0.329 e. The van der Waals surface area contributed by atoms with Crippen molar-refractivity contribution in [2.24, 2.45) is 0 Å². The van der Waals surface area contributed by atoms with Crippen LogP contribution in [0, 0.1) is 0 Å². The number of hydrogen-bond acceptors (Lipinski definition) is 6. The van der Waals surface area contributed by atoms with Gasteiger partial charge in [-0.15, -0.1) is 0 Å². The molecule has 8 nitrogen and oxygen atoms in total. The normalized spacial score (nSPS) is 19.8. The average molecular weight is 333 g/mol. The Kier molecular flexibility index (Phi) is 4.54. The fourth-order valence-electron chi connectivity index (χ4n) is 2.76. The summed E-state index contributed by atoms with van der Waals surface area (Å²) in [4.78, 5) is 38.2. The van der Waals surface area contributed by atoms with Crippen LogP contribution in [-0.2, 0) is 14.3 Å². The Morgan fingerprint density at radius 2 is 2.04 bits per heavy atom. The Labute approximate surface area is 139 Å². The lowest BCUT2D eigenvalue weighted by molar-refractivity contribution is -0.143. The second-order valence-electron chi connectivity index (χ2n) is 5.68. The molecule has 0 radical (unpaired) electrons. The van der Waals surface area contributed by atoms with Gasteiger partial charge in [0.2, 0.25) is 0 Å². The molecule has 0 aliphatic carbocycles. The van der Waals surface area contributed by atoms with Gasteiger partial charge in [0.05, 0.1) is 7.11 Å². The molecule has 3 heterocycles. The van der Waals surface area contributed by atoms with Crippen LogP contribution in [-0.4, -0.2) is 49.6 Å². The van der Waals surface area contributed by atoms with Gasteiger partial charge in [-0.2, -0.15) is 0 Å². The van der Waals surface area contributed by atoms with Crippen LogP contribution in [0.3, 0.4) is 0 Å². The molecule has 0 unspecified atom stereocenters. The first kappa shape index (κ1) is 16.1. The van der Waals surface area contributed by atoms with E-state index in [1.165, 1.54) is 19.6 Å². The Morgan fingerprint density at radius 1 is 1.29 bits per heavy atom. The highest BCUT2D eigenvalue weighted by molar-refractivity contribution is 6.15. The van der Waals surface area contributed by atoms with Crippen molar-refractivity contribution in [3.63, 3.8) is 0 Å². The van der Waals surface area contributed by atoms with Crippen LogP contribution < -0.4 is 10.2 Å². The van der Waals surface area contributed by atoms with E-state index in [1.807, 2.05) is 6.07 Å². The second-order valence-corrected chi connectivity index (χ2v) is 5.68. The van der Waals surface area contributed by atoms with Gasteiger partial charge in [-0.25, -0.2) is 9.69 Å². The van der Waals surface area contributed by atoms with Crippen LogP contribution in [0.4, 0.5) is 10.7 Å². The predicted molar refractivity (Wildman–Crippen MR) is 85.0 cm³/mol. The number of carbonyl (C=O) groups is 3. The molecule has 128 valence electrons. The summed E-state index contributed by atoms with van der Waals surface area (Å²) in [6.07, 6.45) is 4.96. The van der Waals surface area contributed by atoms with Crippen LogP contribution in [0.15, 0.2) is 22.2 Å². The van der Waals surface area contributed by atoms with Gasteiger partial charge in [0, 0.05) is 25.2 Å². The maximum atomic E-state index is 12.2. The predicted octanol–water partition coefficient (Wildman–Crippen LogP) is 1.34. The molecular formula is C16H19N3O5. The number of anilines is 1. The molecule has 0 spiro atoms. The number of nitrogens with zero attached hydrogens (tertiary/aromatic N) is 2. The Hall–Kier alpha value is -2.77. The Bertz CT molecular complexity index is 688. The van der Waals surface area contributed by atoms with Crippen molar-refractivity contribution in [1.29, 1.82) is 0 Å². The molecule has 1 aromatic heterocycles. The molecule has 2 saturated heterocycles. The molecule has 3 amide bonds. The van der Waals surface area contributed by atoms with E-state index in [4.69, 9.17) is 4.42 Å². The molecule has 0 saturated carbocycles. The number of rotatable bonds is 4. The molecule has 2 aliphatic heterocycles. The van der Waals surface area contributed by atoms with Crippen molar-refractivity contribution in [2.75, 3.05) is 31.6 Å². The summed E-state index contributed by atoms with van der Waals surface area (Å²) in [5.74, 6) is -0.0182. The molecule has 0 aromatic carbocycles. The van der Waals surface area contributed by atoms with Crippen molar-refractivity contribution >= 4 is 29.9 Å². The Balaban J connectivity index is 1.72. The minimum Gasteiger partial charge on any atom is -0.468 e. The SMILES string of the molecule is COC(=O)CN1C(=O)NC(=Cc2ccc(N3CCCCC3)o2)C1=O. The zero-order valence-electron chi connectivity index (χ0n) is 13.4. The summed E-state index contributed by atoms with van der Waals surface area (Å²) in [5.41, 5.74) is 0.0726. The number of nitrogens with one attached hydrogen (secondary N) is 1. The highest BCUT2D eigenvalue weighted by atomic mass is 16.5. The lowest BCUT2D eigenvalue weighted by Crippen LogP contribution is -2.36. The van der Waals surface area contributed by atoms with Crippen molar-refractivity contribution in [2.45, 2.75) is 19.3 Å². The van der Waals surface area contributed by atoms with E-state index in [-0.39, 0.29) is 5.70 Å². The fourth-order valence-corrected chi connectivity index (χ4v) is 2.76. The zero-order valence-corrected chi connectivity index (χ0v) is 13.4. The van der Waals surface area contributed by atoms with Crippen LogP contribution in [0.1, 0.15) is 25.0 Å². The number of imide groups is 1. The third-order valence-corrected chi connectivity index (χ3v) is 4.04. The molecule has 1 N–H and O–H groups in total. The van der Waals surface area contributed by atoms with Crippen molar-refractivity contribution in [1.82, 2.24) is 10.2 Å².